The molecule has 0 atom stereocenters. The normalized spacial score (nSPS) is 10.5. The lowest BCUT2D eigenvalue weighted by Crippen LogP contribution is -2.00. The fourth-order valence-corrected chi connectivity index (χ4v) is 1.59. The minimum absolute atomic E-state index is 0.0921. The Morgan fingerprint density at radius 3 is 3.13 bits per heavy atom. The van der Waals surface area contributed by atoms with Crippen molar-refractivity contribution in [1.29, 1.82) is 0 Å². The maximum Gasteiger partial charge on any atom is 0.234 e. The quantitative estimate of drug-likeness (QED) is 0.789. The van der Waals surface area contributed by atoms with Crippen LogP contribution in [-0.4, -0.2) is 20.9 Å². The van der Waals surface area contributed by atoms with Gasteiger partial charge in [0.25, 0.3) is 0 Å². The molecule has 0 saturated heterocycles. The second-order valence-corrected chi connectivity index (χ2v) is 3.83. The van der Waals surface area contributed by atoms with Gasteiger partial charge in [0, 0.05) is 12.6 Å². The summed E-state index contributed by atoms with van der Waals surface area (Å²) in [6, 6.07) is 0. The van der Waals surface area contributed by atoms with Gasteiger partial charge in [0.2, 0.25) is 11.7 Å². The summed E-state index contributed by atoms with van der Waals surface area (Å²) in [6.07, 6.45) is 2.36. The van der Waals surface area contributed by atoms with E-state index in [0.29, 0.717) is 18.1 Å². The number of hydrogen-bond donors (Lipinski definition) is 0. The van der Waals surface area contributed by atoms with Crippen LogP contribution in [0.3, 0.4) is 0 Å². The summed E-state index contributed by atoms with van der Waals surface area (Å²) in [7, 11) is 0. The number of carbonyl (C=O) groups excluding carboxylic acids is 1. The minimum Gasteiger partial charge on any atom is -0.338 e. The van der Waals surface area contributed by atoms with E-state index in [0.717, 1.165) is 4.88 Å². The highest BCUT2D eigenvalue weighted by atomic mass is 32.1. The molecule has 5 nitrogen and oxygen atoms in total. The molecular formula is C9H9N3O2S. The predicted octanol–water partition coefficient (Wildman–Crippen LogP) is 1.71. The average Bonchev–Trinajstić information content (AvgIpc) is 2.85. The van der Waals surface area contributed by atoms with Crippen molar-refractivity contribution in [2.45, 2.75) is 19.8 Å². The highest BCUT2D eigenvalue weighted by molar-refractivity contribution is 7.13. The SMILES string of the molecule is CCC(=O)Cc1nc(-c2cncs2)no1. The van der Waals surface area contributed by atoms with E-state index in [4.69, 9.17) is 4.52 Å². The molecule has 0 N–H and O–H groups in total. The number of nitrogens with zero attached hydrogens (tertiary/aromatic N) is 3. The van der Waals surface area contributed by atoms with Gasteiger partial charge in [-0.15, -0.1) is 11.3 Å². The second kappa shape index (κ2) is 4.31. The van der Waals surface area contributed by atoms with Gasteiger partial charge < -0.3 is 4.52 Å². The zero-order valence-electron chi connectivity index (χ0n) is 8.14. The first-order valence-corrected chi connectivity index (χ1v) is 5.40. The molecule has 0 fully saturated rings. The second-order valence-electron chi connectivity index (χ2n) is 2.95. The number of hydrogen-bond acceptors (Lipinski definition) is 6. The maximum atomic E-state index is 11.1. The third-order valence-electron chi connectivity index (χ3n) is 1.86. The van der Waals surface area contributed by atoms with Gasteiger partial charge in [-0.05, 0) is 0 Å². The first-order valence-electron chi connectivity index (χ1n) is 4.52. The van der Waals surface area contributed by atoms with E-state index < -0.39 is 0 Å². The molecule has 0 spiro atoms. The van der Waals surface area contributed by atoms with Crippen LogP contribution >= 0.6 is 11.3 Å². The average molecular weight is 223 g/mol. The van der Waals surface area contributed by atoms with E-state index in [1.54, 1.807) is 11.7 Å². The Balaban J connectivity index is 2.14. The lowest BCUT2D eigenvalue weighted by atomic mass is 10.2. The highest BCUT2D eigenvalue weighted by Gasteiger charge is 2.11. The third-order valence-corrected chi connectivity index (χ3v) is 2.63. The molecule has 0 amide bonds. The lowest BCUT2D eigenvalue weighted by Gasteiger charge is -1.88. The van der Waals surface area contributed by atoms with Crippen LogP contribution in [0.5, 0.6) is 0 Å². The van der Waals surface area contributed by atoms with Crippen LogP contribution in [0, 0.1) is 0 Å². The van der Waals surface area contributed by atoms with Gasteiger partial charge in [0.1, 0.15) is 5.78 Å². The molecule has 0 aliphatic carbocycles. The van der Waals surface area contributed by atoms with Crippen molar-refractivity contribution in [3.63, 3.8) is 0 Å². The van der Waals surface area contributed by atoms with Crippen LogP contribution in [0.4, 0.5) is 0 Å². The molecule has 0 saturated carbocycles. The molecule has 2 aromatic rings. The Morgan fingerprint density at radius 2 is 2.47 bits per heavy atom. The van der Waals surface area contributed by atoms with Crippen LogP contribution < -0.4 is 0 Å². The summed E-state index contributed by atoms with van der Waals surface area (Å²) in [6.45, 7) is 1.81. The number of carbonyl (C=O) groups is 1. The van der Waals surface area contributed by atoms with Crippen molar-refractivity contribution in [3.8, 4) is 10.7 Å². The van der Waals surface area contributed by atoms with Crippen LogP contribution in [0.25, 0.3) is 10.7 Å². The minimum atomic E-state index is 0.0921. The summed E-state index contributed by atoms with van der Waals surface area (Å²) >= 11 is 1.43. The standard InChI is InChI=1S/C9H9N3O2S/c1-2-6(13)3-8-11-9(12-14-8)7-4-10-5-15-7/h4-5H,2-3H2,1H3. The molecular weight excluding hydrogens is 214 g/mol. The number of Topliss-reactive ketones (excluding diaryl/α,β-unsaturated/α-hetero) is 1. The Hall–Kier alpha value is -1.56. The molecule has 2 heterocycles. The molecule has 0 aliphatic heterocycles. The molecule has 0 radical (unpaired) electrons. The Bertz CT molecular complexity index is 450. The van der Waals surface area contributed by atoms with Crippen molar-refractivity contribution in [2.75, 3.05) is 0 Å². The zero-order valence-corrected chi connectivity index (χ0v) is 8.95. The van der Waals surface area contributed by atoms with Crippen LogP contribution in [0.1, 0.15) is 19.2 Å². The van der Waals surface area contributed by atoms with E-state index in [1.165, 1.54) is 11.3 Å². The van der Waals surface area contributed by atoms with Crippen molar-refractivity contribution < 1.29 is 9.32 Å². The number of rotatable bonds is 4. The van der Waals surface area contributed by atoms with Crippen molar-refractivity contribution >= 4 is 17.1 Å². The maximum absolute atomic E-state index is 11.1. The fraction of sp³-hybridized carbons (Fsp3) is 0.333. The zero-order chi connectivity index (χ0) is 10.7. The van der Waals surface area contributed by atoms with Gasteiger partial charge >= 0.3 is 0 Å². The van der Waals surface area contributed by atoms with Gasteiger partial charge in [0.15, 0.2) is 0 Å². The molecule has 0 aromatic carbocycles. The summed E-state index contributed by atoms with van der Waals surface area (Å²) in [5.41, 5.74) is 1.70. The Kier molecular flexibility index (Phi) is 2.86. The van der Waals surface area contributed by atoms with E-state index in [9.17, 15) is 4.79 Å². The highest BCUT2D eigenvalue weighted by Crippen LogP contribution is 2.19. The first-order chi connectivity index (χ1) is 7.29. The van der Waals surface area contributed by atoms with Crippen molar-refractivity contribution in [2.24, 2.45) is 0 Å². The predicted molar refractivity (Wildman–Crippen MR) is 54.4 cm³/mol. The summed E-state index contributed by atoms with van der Waals surface area (Å²) < 4.78 is 4.96. The largest absolute Gasteiger partial charge is 0.338 e. The van der Waals surface area contributed by atoms with E-state index in [2.05, 4.69) is 15.1 Å². The third kappa shape index (κ3) is 2.27. The van der Waals surface area contributed by atoms with Gasteiger partial charge in [-0.3, -0.25) is 9.78 Å². The van der Waals surface area contributed by atoms with Crippen molar-refractivity contribution in [3.05, 3.63) is 17.6 Å². The molecule has 0 unspecified atom stereocenters. The van der Waals surface area contributed by atoms with Crippen molar-refractivity contribution in [1.82, 2.24) is 15.1 Å². The van der Waals surface area contributed by atoms with E-state index >= 15 is 0 Å². The van der Waals surface area contributed by atoms with Crippen LogP contribution in [0.2, 0.25) is 0 Å². The van der Waals surface area contributed by atoms with E-state index in [-0.39, 0.29) is 12.2 Å². The van der Waals surface area contributed by atoms with Gasteiger partial charge in [-0.2, -0.15) is 4.98 Å². The molecule has 15 heavy (non-hydrogen) atoms. The summed E-state index contributed by atoms with van der Waals surface area (Å²) in [4.78, 5) is 20.0. The molecule has 2 aromatic heterocycles. The van der Waals surface area contributed by atoms with Crippen LogP contribution in [0.15, 0.2) is 16.2 Å². The summed E-state index contributed by atoms with van der Waals surface area (Å²) in [5.74, 6) is 0.955. The molecule has 0 bridgehead atoms. The van der Waals surface area contributed by atoms with Gasteiger partial charge in [-0.1, -0.05) is 12.1 Å². The summed E-state index contributed by atoms with van der Waals surface area (Å²) in [5, 5.41) is 3.78. The van der Waals surface area contributed by atoms with Crippen LogP contribution in [-0.2, 0) is 11.2 Å². The first kappa shape index (κ1) is 9.97. The molecule has 0 aliphatic rings. The lowest BCUT2D eigenvalue weighted by molar-refractivity contribution is -0.118. The smallest absolute Gasteiger partial charge is 0.234 e. The fourth-order valence-electron chi connectivity index (χ4n) is 1.05. The molecule has 6 heteroatoms. The number of ketones is 1. The topological polar surface area (TPSA) is 68.9 Å². The molecule has 78 valence electrons. The Labute approximate surface area is 90.2 Å². The monoisotopic (exact) mass is 223 g/mol. The van der Waals surface area contributed by atoms with Gasteiger partial charge in [0.05, 0.1) is 16.8 Å². The number of thiazole rings is 1. The number of aromatic nitrogens is 3. The van der Waals surface area contributed by atoms with E-state index in [1.807, 2.05) is 6.92 Å². The molecule has 2 rings (SSSR count). The Morgan fingerprint density at radius 1 is 1.60 bits per heavy atom. The van der Waals surface area contributed by atoms with Gasteiger partial charge in [-0.25, -0.2) is 0 Å².